The molecule has 1 aromatic heterocycles. The highest BCUT2D eigenvalue weighted by Crippen LogP contribution is 2.13. The topological polar surface area (TPSA) is 119 Å². The Morgan fingerprint density at radius 3 is 2.20 bits per heavy atom. The first kappa shape index (κ1) is 28.0. The lowest BCUT2D eigenvalue weighted by Crippen LogP contribution is -2.45. The molecule has 1 fully saturated rings. The van der Waals surface area contributed by atoms with Crippen molar-refractivity contribution in [1.29, 1.82) is 0 Å². The molecule has 9 nitrogen and oxygen atoms in total. The predicted octanol–water partition coefficient (Wildman–Crippen LogP) is 2.11. The Labute approximate surface area is 206 Å². The van der Waals surface area contributed by atoms with E-state index in [9.17, 15) is 19.2 Å². The lowest BCUT2D eigenvalue weighted by Gasteiger charge is -2.26. The summed E-state index contributed by atoms with van der Waals surface area (Å²) < 4.78 is 2.41. The number of amides is 1. The van der Waals surface area contributed by atoms with E-state index in [2.05, 4.69) is 26.1 Å². The van der Waals surface area contributed by atoms with Gasteiger partial charge in [-0.05, 0) is 43.8 Å². The molecule has 192 valence electrons. The monoisotopic (exact) mass is 485 g/mol. The quantitative estimate of drug-likeness (QED) is 0.437. The number of hydrogen-bond acceptors (Lipinski definition) is 6. The molecule has 1 amide bonds. The van der Waals surface area contributed by atoms with Crippen LogP contribution in [0.1, 0.15) is 62.9 Å². The van der Waals surface area contributed by atoms with E-state index >= 15 is 0 Å². The van der Waals surface area contributed by atoms with Gasteiger partial charge in [0.25, 0.3) is 5.56 Å². The van der Waals surface area contributed by atoms with Gasteiger partial charge in [0.15, 0.2) is 5.78 Å². The Kier molecular flexibility index (Phi) is 10.4. The number of rotatable bonds is 8. The first-order valence-corrected chi connectivity index (χ1v) is 12.2. The molecule has 3 rings (SSSR count). The first-order valence-electron chi connectivity index (χ1n) is 12.2. The smallest absolute Gasteiger partial charge is 0.332 e. The minimum atomic E-state index is -0.591. The number of anilines is 1. The number of hydrogen-bond donors (Lipinski definition) is 2. The molecule has 2 heterocycles. The van der Waals surface area contributed by atoms with Gasteiger partial charge >= 0.3 is 5.69 Å². The lowest BCUT2D eigenvalue weighted by atomic mass is 9.97. The molecular formula is C26H39N5O4. The highest BCUT2D eigenvalue weighted by Gasteiger charge is 2.24. The van der Waals surface area contributed by atoms with Crippen LogP contribution in [0.25, 0.3) is 0 Å². The second kappa shape index (κ2) is 13.0. The highest BCUT2D eigenvalue weighted by molar-refractivity contribution is 6.01. The van der Waals surface area contributed by atoms with Gasteiger partial charge in [0.2, 0.25) is 6.41 Å². The summed E-state index contributed by atoms with van der Waals surface area (Å²) in [5.74, 6) is -0.357. The van der Waals surface area contributed by atoms with Crippen molar-refractivity contribution in [3.05, 3.63) is 62.3 Å². The number of aromatic nitrogens is 2. The average molecular weight is 486 g/mol. The van der Waals surface area contributed by atoms with Gasteiger partial charge in [-0.25, -0.2) is 4.79 Å². The second-order valence-corrected chi connectivity index (χ2v) is 9.98. The van der Waals surface area contributed by atoms with Crippen molar-refractivity contribution in [3.8, 4) is 0 Å². The summed E-state index contributed by atoms with van der Waals surface area (Å²) in [6.07, 6.45) is 3.99. The molecule has 1 aliphatic rings. The van der Waals surface area contributed by atoms with Crippen LogP contribution in [0.5, 0.6) is 0 Å². The van der Waals surface area contributed by atoms with Gasteiger partial charge in [0.1, 0.15) is 11.4 Å². The third-order valence-corrected chi connectivity index (χ3v) is 5.78. The summed E-state index contributed by atoms with van der Waals surface area (Å²) in [6, 6.07) is 9.38. The second-order valence-electron chi connectivity index (χ2n) is 9.98. The van der Waals surface area contributed by atoms with Crippen molar-refractivity contribution in [1.82, 2.24) is 19.4 Å². The Bertz CT molecular complexity index is 1090. The Morgan fingerprint density at radius 1 is 1.06 bits per heavy atom. The number of nitrogen functional groups attached to an aromatic ring is 1. The third-order valence-electron chi connectivity index (χ3n) is 5.78. The zero-order chi connectivity index (χ0) is 26.0. The maximum Gasteiger partial charge on any atom is 0.332 e. The minimum Gasteiger partial charge on any atom is -0.384 e. The zero-order valence-electron chi connectivity index (χ0n) is 21.4. The molecule has 0 saturated carbocycles. The van der Waals surface area contributed by atoms with Crippen molar-refractivity contribution in [2.45, 2.75) is 60.0 Å². The molecule has 1 aromatic carbocycles. The Morgan fingerprint density at radius 2 is 1.69 bits per heavy atom. The van der Waals surface area contributed by atoms with Gasteiger partial charge in [-0.15, -0.1) is 0 Å². The van der Waals surface area contributed by atoms with Gasteiger partial charge in [0, 0.05) is 13.1 Å². The molecule has 0 aliphatic carbocycles. The molecule has 0 unspecified atom stereocenters. The summed E-state index contributed by atoms with van der Waals surface area (Å²) in [5, 5.41) is 2.61. The number of piperidine rings is 1. The van der Waals surface area contributed by atoms with Crippen LogP contribution in [0, 0.1) is 5.41 Å². The van der Waals surface area contributed by atoms with Crippen LogP contribution in [0.15, 0.2) is 39.9 Å². The molecule has 2 aromatic rings. The maximum atomic E-state index is 12.9. The van der Waals surface area contributed by atoms with Crippen LogP contribution in [-0.2, 0) is 17.9 Å². The van der Waals surface area contributed by atoms with E-state index < -0.39 is 11.2 Å². The van der Waals surface area contributed by atoms with E-state index in [-0.39, 0.29) is 42.2 Å². The number of Topliss-reactive ketones (excluding diaryl/α,β-unsaturated/α-hetero) is 1. The summed E-state index contributed by atoms with van der Waals surface area (Å²) in [7, 11) is 0. The molecule has 1 aliphatic heterocycles. The Balaban J connectivity index is 0.000000466. The highest BCUT2D eigenvalue weighted by atomic mass is 16.2. The number of carbonyl (C=O) groups is 2. The summed E-state index contributed by atoms with van der Waals surface area (Å²) in [5.41, 5.74) is 6.11. The van der Waals surface area contributed by atoms with Gasteiger partial charge in [-0.3, -0.25) is 28.4 Å². The van der Waals surface area contributed by atoms with Crippen LogP contribution in [0.2, 0.25) is 0 Å². The van der Waals surface area contributed by atoms with Crippen molar-refractivity contribution in [2.75, 3.05) is 31.9 Å². The van der Waals surface area contributed by atoms with Crippen molar-refractivity contribution in [2.24, 2.45) is 5.41 Å². The van der Waals surface area contributed by atoms with E-state index in [1.807, 2.05) is 35.2 Å². The number of nitrogens with zero attached hydrogens (tertiary/aromatic N) is 3. The van der Waals surface area contributed by atoms with Crippen LogP contribution >= 0.6 is 0 Å². The minimum absolute atomic E-state index is 0.0411. The fourth-order valence-corrected chi connectivity index (χ4v) is 3.92. The van der Waals surface area contributed by atoms with Gasteiger partial charge in [0.05, 0.1) is 13.1 Å². The zero-order valence-corrected chi connectivity index (χ0v) is 21.4. The normalized spacial score (nSPS) is 14.1. The predicted molar refractivity (Wildman–Crippen MR) is 139 cm³/mol. The number of likely N-dealkylation sites (tertiary alicyclic amines) is 1. The van der Waals surface area contributed by atoms with Crippen LogP contribution in [0.3, 0.4) is 0 Å². The summed E-state index contributed by atoms with van der Waals surface area (Å²) in [4.78, 5) is 50.2. The van der Waals surface area contributed by atoms with E-state index in [4.69, 9.17) is 5.73 Å². The number of nitrogens with one attached hydrogen (secondary N) is 1. The van der Waals surface area contributed by atoms with Gasteiger partial charge in [-0.1, -0.05) is 57.5 Å². The van der Waals surface area contributed by atoms with Crippen LogP contribution in [-0.4, -0.2) is 52.4 Å². The van der Waals surface area contributed by atoms with Crippen LogP contribution < -0.4 is 22.3 Å². The largest absolute Gasteiger partial charge is 0.384 e. The first-order chi connectivity index (χ1) is 16.6. The van der Waals surface area contributed by atoms with Crippen molar-refractivity contribution in [3.63, 3.8) is 0 Å². The molecule has 35 heavy (non-hydrogen) atoms. The van der Waals surface area contributed by atoms with Crippen molar-refractivity contribution < 1.29 is 9.59 Å². The molecule has 3 N–H and O–H groups in total. The van der Waals surface area contributed by atoms with Gasteiger partial charge < -0.3 is 11.1 Å². The van der Waals surface area contributed by atoms with E-state index in [0.717, 1.165) is 55.4 Å². The number of nitrogens with two attached hydrogens (primary N) is 1. The van der Waals surface area contributed by atoms with E-state index in [1.54, 1.807) is 6.92 Å². The molecule has 0 atom stereocenters. The molecular weight excluding hydrogens is 446 g/mol. The molecule has 0 bridgehead atoms. The molecule has 1 saturated heterocycles. The number of benzene rings is 1. The fraction of sp³-hybridized carbons (Fsp3) is 0.538. The Hall–Kier alpha value is -3.20. The fourth-order valence-electron chi connectivity index (χ4n) is 3.92. The summed E-state index contributed by atoms with van der Waals surface area (Å²) in [6.45, 7) is 10.9. The summed E-state index contributed by atoms with van der Waals surface area (Å²) >= 11 is 0. The third kappa shape index (κ3) is 8.20. The number of ketones is 1. The average Bonchev–Trinajstić information content (AvgIpc) is 2.82. The number of carbonyl (C=O) groups excluding carboxylic acids is 2. The van der Waals surface area contributed by atoms with Crippen molar-refractivity contribution >= 4 is 18.0 Å². The molecule has 9 heteroatoms. The van der Waals surface area contributed by atoms with Gasteiger partial charge in [-0.2, -0.15) is 0 Å². The van der Waals surface area contributed by atoms with Crippen LogP contribution in [0.4, 0.5) is 5.82 Å². The SMILES string of the molecule is CC(C)(C)CNC=O.CCn1c(=O)c(C(=O)CN2CCCCC2)c(N)n(Cc2ccccc2)c1=O. The molecule has 0 radical (unpaired) electrons. The maximum absolute atomic E-state index is 12.9. The lowest BCUT2D eigenvalue weighted by molar-refractivity contribution is -0.109. The van der Waals surface area contributed by atoms with E-state index in [0.29, 0.717) is 0 Å². The standard InChI is InChI=1S/C20H26N4O3.C6H13NO/c1-2-23-19(26)17(16(25)14-22-11-7-4-8-12-22)18(21)24(20(23)27)13-15-9-5-3-6-10-15;1-6(2,3)4-7-5-8/h3,5-6,9-10H,2,4,7-8,11-14,21H2,1H3;5H,4H2,1-3H3,(H,7,8). The van der Waals surface area contributed by atoms with E-state index in [1.165, 1.54) is 4.57 Å². The molecule has 0 spiro atoms.